The molecule has 0 spiro atoms. The molecule has 12 aromatic carbocycles. The Balaban J connectivity index is -0.000000408. The van der Waals surface area contributed by atoms with Crippen molar-refractivity contribution in [2.24, 2.45) is 0 Å². The number of benzene rings is 12. The summed E-state index contributed by atoms with van der Waals surface area (Å²) < 4.78 is 0. The van der Waals surface area contributed by atoms with Gasteiger partial charge in [-0.05, 0) is 128 Å². The van der Waals surface area contributed by atoms with Crippen LogP contribution in [-0.2, 0) is 41.5 Å². The number of hydrogen-bond acceptors (Lipinski definition) is 2. The van der Waals surface area contributed by atoms with Gasteiger partial charge in [0.1, 0.15) is 0 Å². The van der Waals surface area contributed by atoms with E-state index >= 15 is 0 Å². The van der Waals surface area contributed by atoms with E-state index < -0.39 is 31.7 Å². The Morgan fingerprint density at radius 1 is 0.257 bits per heavy atom. The molecule has 0 fully saturated rings. The van der Waals surface area contributed by atoms with Gasteiger partial charge >= 0.3 is 0 Å². The van der Waals surface area contributed by atoms with Crippen LogP contribution in [0.5, 0.6) is 0 Å². The maximum atomic E-state index is 3.90. The van der Waals surface area contributed by atoms with Crippen molar-refractivity contribution in [2.75, 3.05) is 0 Å². The van der Waals surface area contributed by atoms with Crippen molar-refractivity contribution in [3.63, 3.8) is 0 Å². The molecule has 0 bridgehead atoms. The van der Waals surface area contributed by atoms with Crippen molar-refractivity contribution >= 4 is 112 Å². The maximum Gasteiger partial charge on any atom is 0.0428 e. The number of nitrogens with zero attached hydrogens (tertiary/aromatic N) is 2. The molecule has 14 aromatic rings. The molecule has 2 aromatic heterocycles. The summed E-state index contributed by atoms with van der Waals surface area (Å²) in [5.74, 6) is 11.1. The zero-order valence-corrected chi connectivity index (χ0v) is 77.3. The van der Waals surface area contributed by atoms with Gasteiger partial charge in [-0.2, -0.15) is 6.07 Å². The maximum absolute atomic E-state index is 3.90. The van der Waals surface area contributed by atoms with Gasteiger partial charge < -0.3 is 4.98 Å². The van der Waals surface area contributed by atoms with E-state index in [2.05, 4.69) is 431 Å². The molecule has 14 rings (SSSR count). The summed E-state index contributed by atoms with van der Waals surface area (Å²) in [6.45, 7) is 30.0. The van der Waals surface area contributed by atoms with Crippen molar-refractivity contribution in [1.82, 2.24) is 9.97 Å². The minimum Gasteiger partial charge on any atom is -0.304 e. The standard InChI is InChI=1S/4C18H15P.C8H7N.C5H4N.C4H6.2C3H8.4C2H6.2B.Pd.W.2H2/c4*1-4-10-16(11-5-1)19(17-12-6-2-7-13-17)18-14-8-3-9-15-18;1-2-4-8-5-3-6-9-7-8;1-2-4-6-5-3-1;1-3-4-2;2*1-3-2;4*1-2;;;;;;/h4*1-15H;3,5-7H,1H3;1-2,4-5H;1-2H3;2*3H2,1-2H3;4*1-2H3;;;;;2*1H/q;;;;;-1;;;;;;;;;;;;;/i;;;;;;;;;;;;;;;;;2*1+2. The smallest absolute Gasteiger partial charge is 0.0428 e. The van der Waals surface area contributed by atoms with Crippen LogP contribution in [0.3, 0.4) is 0 Å². The molecule has 0 atom stereocenters. The summed E-state index contributed by atoms with van der Waals surface area (Å²) in [4.78, 5) is 7.63. The summed E-state index contributed by atoms with van der Waals surface area (Å²) in [6.07, 6.45) is 9.33. The third-order valence-electron chi connectivity index (χ3n) is 13.9. The van der Waals surface area contributed by atoms with Crippen LogP contribution in [0.2, 0.25) is 0 Å². The molecule has 0 unspecified atom stereocenters. The molecule has 2 nitrogen and oxygen atoms in total. The first-order valence-electron chi connectivity index (χ1n) is 38.2. The predicted octanol–water partition coefficient (Wildman–Crippen LogP) is 23.8. The molecule has 0 aliphatic heterocycles. The summed E-state index contributed by atoms with van der Waals surface area (Å²) in [5.41, 5.74) is 0.972. The molecule has 0 saturated heterocycles. The number of hydrogen-bond donors (Lipinski definition) is 0. The summed E-state index contributed by atoms with van der Waals surface area (Å²) in [7, 11) is -1.78. The quantitative estimate of drug-likeness (QED) is 0.0527. The number of pyridine rings is 2. The Kier molecular flexibility index (Phi) is 72.8. The molecule has 0 amide bonds. The molecule has 0 saturated carbocycles. The van der Waals surface area contributed by atoms with Gasteiger partial charge in [0.05, 0.1) is 0 Å². The van der Waals surface area contributed by atoms with E-state index in [4.69, 9.17) is 0 Å². The van der Waals surface area contributed by atoms with E-state index in [1.807, 2.05) is 100 Å². The SMILES string of the molecule is CC.CC.CC.CC.CC#CC.CC#Cc1cccnc1.CCC.CCC.[3HH].[3HH].[B].[B].[Pd].[W].[c-]1cccnc1.c1ccc(P(c2ccccc2)c2ccccc2)cc1.c1ccc(P(c2ccccc2)c2ccccc2)cc1.c1ccc(P(c2ccccc2)c2ccccc2)cc1.c1ccc(P(c2ccccc2)c2ccccc2)cc1. The predicted molar refractivity (Wildman–Crippen MR) is 513 cm³/mol. The van der Waals surface area contributed by atoms with E-state index in [1.165, 1.54) is 76.5 Å². The number of aromatic nitrogens is 2. The molecule has 0 N–H and O–H groups in total. The minimum absolute atomic E-state index is 0. The van der Waals surface area contributed by atoms with Gasteiger partial charge in [0.15, 0.2) is 0 Å². The first-order chi connectivity index (χ1) is 54.0. The Morgan fingerprint density at radius 3 is 0.522 bits per heavy atom. The molecular formula is C103H121B2N2P4PdW-. The Labute approximate surface area is 725 Å². The van der Waals surface area contributed by atoms with Crippen LogP contribution in [0.4, 0.5) is 0 Å². The second-order valence-electron chi connectivity index (χ2n) is 21.9. The first-order valence-corrected chi connectivity index (χ1v) is 43.6. The van der Waals surface area contributed by atoms with Crippen LogP contribution in [0, 0.1) is 29.7 Å². The van der Waals surface area contributed by atoms with Gasteiger partial charge in [0.25, 0.3) is 0 Å². The fraction of sp³-hybridized carbons (Fsp3) is 0.165. The van der Waals surface area contributed by atoms with Gasteiger partial charge in [-0.15, -0.1) is 17.8 Å². The molecule has 10 heteroatoms. The van der Waals surface area contributed by atoms with E-state index in [9.17, 15) is 0 Å². The first kappa shape index (κ1) is 108. The zero-order chi connectivity index (χ0) is 79.3. The number of rotatable bonds is 12. The Hall–Kier alpha value is -8.74. The third-order valence-corrected chi connectivity index (χ3v) is 23.6. The van der Waals surface area contributed by atoms with Crippen molar-refractivity contribution < 1.29 is 44.3 Å². The van der Waals surface area contributed by atoms with Crippen molar-refractivity contribution in [3.05, 3.63) is 425 Å². The molecule has 2 heterocycles. The molecule has 6 radical (unpaired) electrons. The van der Waals surface area contributed by atoms with Crippen LogP contribution in [0.1, 0.15) is 125 Å². The van der Waals surface area contributed by atoms with Crippen LogP contribution >= 0.6 is 31.7 Å². The van der Waals surface area contributed by atoms with Crippen LogP contribution in [-0.4, -0.2) is 26.8 Å². The molecule has 586 valence electrons. The summed E-state index contributed by atoms with van der Waals surface area (Å²) in [6, 6.07) is 140. The van der Waals surface area contributed by atoms with Gasteiger partial charge in [0, 0.05) is 79.1 Å². The fourth-order valence-electron chi connectivity index (χ4n) is 9.57. The van der Waals surface area contributed by atoms with E-state index in [0.717, 1.165) is 5.56 Å². The Morgan fingerprint density at radius 2 is 0.425 bits per heavy atom. The summed E-state index contributed by atoms with van der Waals surface area (Å²) >= 11 is 0. The summed E-state index contributed by atoms with van der Waals surface area (Å²) in [5, 5.41) is 16.8. The molecule has 0 aliphatic rings. The van der Waals surface area contributed by atoms with Crippen LogP contribution in [0.15, 0.2) is 413 Å². The minimum atomic E-state index is -0.446. The van der Waals surface area contributed by atoms with Gasteiger partial charge in [-0.25, -0.2) is 12.1 Å². The van der Waals surface area contributed by atoms with Crippen molar-refractivity contribution in [1.29, 1.82) is 0 Å². The Bertz CT molecular complexity index is 3550. The van der Waals surface area contributed by atoms with Gasteiger partial charge in [-0.3, -0.25) is 4.98 Å². The van der Waals surface area contributed by atoms with E-state index in [0.29, 0.717) is 0 Å². The van der Waals surface area contributed by atoms with Gasteiger partial charge in [-0.1, -0.05) is 478 Å². The molecule has 0 aliphatic carbocycles. The largest absolute Gasteiger partial charge is 0.304 e. The fourth-order valence-corrected chi connectivity index (χ4v) is 18.8. The topological polar surface area (TPSA) is 25.8 Å². The average molecular weight is 1830 g/mol. The van der Waals surface area contributed by atoms with Crippen LogP contribution < -0.4 is 63.7 Å². The second-order valence-corrected chi connectivity index (χ2v) is 30.7. The van der Waals surface area contributed by atoms with E-state index in [1.54, 1.807) is 24.8 Å². The van der Waals surface area contributed by atoms with Crippen LogP contribution in [0.25, 0.3) is 0 Å². The normalized spacial score (nSPS) is 8.81. The average Bonchev–Trinajstić information content (AvgIpc) is 0.842. The zero-order valence-electron chi connectivity index (χ0n) is 69.2. The van der Waals surface area contributed by atoms with E-state index in [-0.39, 0.29) is 61.2 Å². The monoisotopic (exact) mass is 1830 g/mol. The van der Waals surface area contributed by atoms with Gasteiger partial charge in [0.2, 0.25) is 0 Å². The third kappa shape index (κ3) is 45.1. The molecular weight excluding hydrogens is 1700 g/mol. The van der Waals surface area contributed by atoms with Crippen molar-refractivity contribution in [3.8, 4) is 23.7 Å². The molecule has 113 heavy (non-hydrogen) atoms. The second kappa shape index (κ2) is 75.9. The van der Waals surface area contributed by atoms with Crippen molar-refractivity contribution in [2.45, 2.75) is 117 Å².